The molecule has 3 aromatic rings. The molecule has 7 heteroatoms. The average Bonchev–Trinajstić information content (AvgIpc) is 3.07. The van der Waals surface area contributed by atoms with Gasteiger partial charge in [-0.1, -0.05) is 17.3 Å². The van der Waals surface area contributed by atoms with Gasteiger partial charge in [0.1, 0.15) is 5.75 Å². The highest BCUT2D eigenvalue weighted by atomic mass is 16.5. The van der Waals surface area contributed by atoms with Crippen LogP contribution in [0, 0.1) is 6.92 Å². The van der Waals surface area contributed by atoms with Crippen LogP contribution >= 0.6 is 0 Å². The lowest BCUT2D eigenvalue weighted by molar-refractivity contribution is 0.0953. The highest BCUT2D eigenvalue weighted by molar-refractivity contribution is 5.94. The van der Waals surface area contributed by atoms with Crippen molar-refractivity contribution in [3.8, 4) is 17.0 Å². The third-order valence-electron chi connectivity index (χ3n) is 3.59. The van der Waals surface area contributed by atoms with E-state index in [0.29, 0.717) is 30.2 Å². The molecular weight excluding hydrogens is 320 g/mol. The molecule has 0 aliphatic heterocycles. The van der Waals surface area contributed by atoms with Crippen LogP contribution < -0.4 is 10.1 Å². The quantitative estimate of drug-likeness (QED) is 0.742. The van der Waals surface area contributed by atoms with Crippen LogP contribution in [0.2, 0.25) is 0 Å². The van der Waals surface area contributed by atoms with Crippen molar-refractivity contribution in [2.24, 2.45) is 0 Å². The van der Waals surface area contributed by atoms with Crippen molar-refractivity contribution in [3.05, 3.63) is 59.9 Å². The van der Waals surface area contributed by atoms with E-state index in [0.717, 1.165) is 17.0 Å². The average molecular weight is 338 g/mol. The second-order valence-electron chi connectivity index (χ2n) is 5.41. The van der Waals surface area contributed by atoms with E-state index in [1.807, 2.05) is 30.3 Å². The van der Waals surface area contributed by atoms with Gasteiger partial charge in [0, 0.05) is 24.7 Å². The summed E-state index contributed by atoms with van der Waals surface area (Å²) in [5.41, 5.74) is 2.20. The number of carbonyl (C=O) groups is 1. The van der Waals surface area contributed by atoms with Gasteiger partial charge >= 0.3 is 0 Å². The van der Waals surface area contributed by atoms with Crippen LogP contribution in [0.4, 0.5) is 0 Å². The standard InChI is InChI=1S/C18H18N4O3/c1-12-21-17(25-22-12)8-9-19-18(23)14-6-7-16(20-11-14)13-4-3-5-15(10-13)24-2/h3-7,10-11H,8-9H2,1-2H3,(H,19,23). The highest BCUT2D eigenvalue weighted by Crippen LogP contribution is 2.22. The van der Waals surface area contributed by atoms with Gasteiger partial charge in [-0.05, 0) is 31.2 Å². The maximum atomic E-state index is 12.2. The number of hydrogen-bond acceptors (Lipinski definition) is 6. The topological polar surface area (TPSA) is 90.1 Å². The molecule has 0 bridgehead atoms. The number of nitrogens with zero attached hydrogens (tertiary/aromatic N) is 3. The number of pyridine rings is 1. The molecule has 1 N–H and O–H groups in total. The number of ether oxygens (including phenoxy) is 1. The van der Waals surface area contributed by atoms with Crippen LogP contribution in [0.5, 0.6) is 5.75 Å². The molecule has 25 heavy (non-hydrogen) atoms. The SMILES string of the molecule is COc1cccc(-c2ccc(C(=O)NCCc3nc(C)no3)cn2)c1. The number of amides is 1. The van der Waals surface area contributed by atoms with Gasteiger partial charge in [-0.2, -0.15) is 4.98 Å². The summed E-state index contributed by atoms with van der Waals surface area (Å²) in [6.07, 6.45) is 2.04. The van der Waals surface area contributed by atoms with E-state index in [-0.39, 0.29) is 5.91 Å². The molecule has 0 saturated carbocycles. The van der Waals surface area contributed by atoms with Crippen LogP contribution in [-0.4, -0.2) is 34.7 Å². The van der Waals surface area contributed by atoms with Gasteiger partial charge in [0.05, 0.1) is 18.4 Å². The van der Waals surface area contributed by atoms with Crippen LogP contribution in [0.15, 0.2) is 47.1 Å². The molecule has 2 aromatic heterocycles. The number of benzene rings is 1. The molecule has 0 fully saturated rings. The van der Waals surface area contributed by atoms with E-state index in [2.05, 4.69) is 20.4 Å². The molecule has 0 unspecified atom stereocenters. The van der Waals surface area contributed by atoms with Crippen molar-refractivity contribution in [2.75, 3.05) is 13.7 Å². The second kappa shape index (κ2) is 7.57. The Hall–Kier alpha value is -3.22. The fourth-order valence-corrected chi connectivity index (χ4v) is 2.31. The van der Waals surface area contributed by atoms with E-state index < -0.39 is 0 Å². The van der Waals surface area contributed by atoms with E-state index in [1.165, 1.54) is 0 Å². The van der Waals surface area contributed by atoms with Gasteiger partial charge in [0.2, 0.25) is 5.89 Å². The first-order valence-corrected chi connectivity index (χ1v) is 7.83. The van der Waals surface area contributed by atoms with Crippen molar-refractivity contribution in [3.63, 3.8) is 0 Å². The lowest BCUT2D eigenvalue weighted by Gasteiger charge is -2.06. The first kappa shape index (κ1) is 16.6. The molecular formula is C18H18N4O3. The van der Waals surface area contributed by atoms with Gasteiger partial charge < -0.3 is 14.6 Å². The minimum Gasteiger partial charge on any atom is -0.497 e. The summed E-state index contributed by atoms with van der Waals surface area (Å²) in [5, 5.41) is 6.51. The Kier molecular flexibility index (Phi) is 5.03. The lowest BCUT2D eigenvalue weighted by Crippen LogP contribution is -2.25. The molecule has 2 heterocycles. The van der Waals surface area contributed by atoms with Crippen molar-refractivity contribution in [2.45, 2.75) is 13.3 Å². The summed E-state index contributed by atoms with van der Waals surface area (Å²) in [4.78, 5) is 20.6. The molecule has 0 aliphatic rings. The zero-order valence-electron chi connectivity index (χ0n) is 14.0. The normalized spacial score (nSPS) is 10.5. The summed E-state index contributed by atoms with van der Waals surface area (Å²) in [5.74, 6) is 1.65. The summed E-state index contributed by atoms with van der Waals surface area (Å²) in [6.45, 7) is 2.17. The first-order valence-electron chi connectivity index (χ1n) is 7.83. The van der Waals surface area contributed by atoms with E-state index in [4.69, 9.17) is 9.26 Å². The minimum atomic E-state index is -0.194. The number of rotatable bonds is 6. The zero-order valence-corrected chi connectivity index (χ0v) is 14.0. The molecule has 0 atom stereocenters. The number of nitrogens with one attached hydrogen (secondary N) is 1. The number of aromatic nitrogens is 3. The molecule has 0 spiro atoms. The van der Waals surface area contributed by atoms with E-state index >= 15 is 0 Å². The molecule has 7 nitrogen and oxygen atoms in total. The largest absolute Gasteiger partial charge is 0.497 e. The Bertz CT molecular complexity index is 859. The van der Waals surface area contributed by atoms with Gasteiger partial charge in [-0.25, -0.2) is 0 Å². The number of methoxy groups -OCH3 is 1. The summed E-state index contributed by atoms with van der Waals surface area (Å²) in [6, 6.07) is 11.2. The van der Waals surface area contributed by atoms with Crippen molar-refractivity contribution in [1.29, 1.82) is 0 Å². The van der Waals surface area contributed by atoms with Crippen molar-refractivity contribution in [1.82, 2.24) is 20.4 Å². The van der Waals surface area contributed by atoms with Gasteiger partial charge in [0.15, 0.2) is 5.82 Å². The molecule has 3 rings (SSSR count). The van der Waals surface area contributed by atoms with Crippen molar-refractivity contribution >= 4 is 5.91 Å². The first-order chi connectivity index (χ1) is 12.2. The van der Waals surface area contributed by atoms with Crippen LogP contribution in [0.25, 0.3) is 11.3 Å². The van der Waals surface area contributed by atoms with Crippen LogP contribution in [-0.2, 0) is 6.42 Å². The summed E-state index contributed by atoms with van der Waals surface area (Å²) < 4.78 is 10.2. The summed E-state index contributed by atoms with van der Waals surface area (Å²) in [7, 11) is 1.62. The van der Waals surface area contributed by atoms with Crippen molar-refractivity contribution < 1.29 is 14.1 Å². The Morgan fingerprint density at radius 2 is 2.16 bits per heavy atom. The predicted molar refractivity (Wildman–Crippen MR) is 91.3 cm³/mol. The number of carbonyl (C=O) groups excluding carboxylic acids is 1. The molecule has 0 saturated heterocycles. The Balaban J connectivity index is 1.60. The van der Waals surface area contributed by atoms with Gasteiger partial charge in [-0.15, -0.1) is 0 Å². The monoisotopic (exact) mass is 338 g/mol. The molecule has 128 valence electrons. The number of aryl methyl sites for hydroxylation is 1. The van der Waals surface area contributed by atoms with Gasteiger partial charge in [0.25, 0.3) is 5.91 Å². The second-order valence-corrected chi connectivity index (χ2v) is 5.41. The van der Waals surface area contributed by atoms with E-state index in [9.17, 15) is 4.79 Å². The molecule has 1 aromatic carbocycles. The lowest BCUT2D eigenvalue weighted by atomic mass is 10.1. The Morgan fingerprint density at radius 1 is 1.28 bits per heavy atom. The summed E-state index contributed by atoms with van der Waals surface area (Å²) >= 11 is 0. The fourth-order valence-electron chi connectivity index (χ4n) is 2.31. The highest BCUT2D eigenvalue weighted by Gasteiger charge is 2.08. The smallest absolute Gasteiger partial charge is 0.252 e. The Labute approximate surface area is 145 Å². The van der Waals surface area contributed by atoms with Crippen LogP contribution in [0.3, 0.4) is 0 Å². The van der Waals surface area contributed by atoms with Crippen LogP contribution in [0.1, 0.15) is 22.1 Å². The van der Waals surface area contributed by atoms with E-state index in [1.54, 1.807) is 26.3 Å². The molecule has 0 radical (unpaired) electrons. The zero-order chi connectivity index (χ0) is 17.6. The third-order valence-corrected chi connectivity index (χ3v) is 3.59. The Morgan fingerprint density at radius 3 is 2.84 bits per heavy atom. The maximum Gasteiger partial charge on any atom is 0.252 e. The maximum absolute atomic E-state index is 12.2. The third kappa shape index (κ3) is 4.20. The predicted octanol–water partition coefficient (Wildman–Crippen LogP) is 2.42. The van der Waals surface area contributed by atoms with Gasteiger partial charge in [-0.3, -0.25) is 9.78 Å². The molecule has 0 aliphatic carbocycles. The fraction of sp³-hybridized carbons (Fsp3) is 0.222. The molecule has 1 amide bonds. The minimum absolute atomic E-state index is 0.194. The number of hydrogen-bond donors (Lipinski definition) is 1.